The molecule has 1 amide bonds. The Labute approximate surface area is 114 Å². The van der Waals surface area contributed by atoms with Crippen molar-refractivity contribution in [2.75, 3.05) is 0 Å². The van der Waals surface area contributed by atoms with Crippen molar-refractivity contribution in [3.8, 4) is 0 Å². The Bertz CT molecular complexity index is 484. The molecule has 1 fully saturated rings. The van der Waals surface area contributed by atoms with Crippen LogP contribution in [0, 0.1) is 18.7 Å². The molecule has 1 aliphatic heterocycles. The Morgan fingerprint density at radius 3 is 2.74 bits per heavy atom. The molecular weight excluding hydrogens is 241 g/mol. The third-order valence-electron chi connectivity index (χ3n) is 3.87. The maximum atomic E-state index is 13.4. The Balaban J connectivity index is 2.25. The molecule has 1 N–H and O–H groups in total. The van der Waals surface area contributed by atoms with E-state index >= 15 is 0 Å². The van der Waals surface area contributed by atoms with E-state index in [-0.39, 0.29) is 17.3 Å². The van der Waals surface area contributed by atoms with Crippen LogP contribution in [0.25, 0.3) is 0 Å². The maximum Gasteiger partial charge on any atom is 0.220 e. The summed E-state index contributed by atoms with van der Waals surface area (Å²) in [7, 11) is 0. The Morgan fingerprint density at radius 1 is 1.42 bits per heavy atom. The van der Waals surface area contributed by atoms with Crippen LogP contribution in [0.4, 0.5) is 4.39 Å². The van der Waals surface area contributed by atoms with Gasteiger partial charge in [0.15, 0.2) is 0 Å². The van der Waals surface area contributed by atoms with E-state index in [2.05, 4.69) is 19.2 Å². The third kappa shape index (κ3) is 3.34. The number of benzene rings is 1. The second-order valence-electron chi connectivity index (χ2n) is 6.17. The topological polar surface area (TPSA) is 29.1 Å². The molecule has 3 heteroatoms. The van der Waals surface area contributed by atoms with Crippen LogP contribution in [-0.2, 0) is 11.2 Å². The van der Waals surface area contributed by atoms with E-state index in [1.807, 2.05) is 13.0 Å². The highest BCUT2D eigenvalue weighted by Crippen LogP contribution is 2.32. The van der Waals surface area contributed by atoms with Crippen LogP contribution < -0.4 is 5.32 Å². The van der Waals surface area contributed by atoms with Gasteiger partial charge in [0.2, 0.25) is 5.91 Å². The van der Waals surface area contributed by atoms with E-state index in [1.54, 1.807) is 6.07 Å². The predicted octanol–water partition coefficient (Wildman–Crippen LogP) is 3.37. The molecule has 0 aromatic heterocycles. The van der Waals surface area contributed by atoms with E-state index in [9.17, 15) is 9.18 Å². The van der Waals surface area contributed by atoms with Gasteiger partial charge in [0.25, 0.3) is 0 Å². The van der Waals surface area contributed by atoms with Crippen LogP contribution >= 0.6 is 0 Å². The van der Waals surface area contributed by atoms with Crippen molar-refractivity contribution in [3.63, 3.8) is 0 Å². The molecule has 2 rings (SSSR count). The number of nitrogens with one attached hydrogen (secondary N) is 1. The molecule has 0 aliphatic carbocycles. The van der Waals surface area contributed by atoms with Crippen molar-refractivity contribution < 1.29 is 9.18 Å². The molecular formula is C16H22FNO. The van der Waals surface area contributed by atoms with E-state index in [0.717, 1.165) is 30.4 Å². The summed E-state index contributed by atoms with van der Waals surface area (Å²) in [6, 6.07) is 4.90. The molecule has 0 radical (unpaired) electrons. The smallest absolute Gasteiger partial charge is 0.220 e. The van der Waals surface area contributed by atoms with Gasteiger partial charge in [0.1, 0.15) is 5.82 Å². The van der Waals surface area contributed by atoms with Crippen molar-refractivity contribution in [3.05, 3.63) is 35.1 Å². The standard InChI is InChI=1S/C16H22FNO/c1-11(2)9-16(7-6-15(19)18-16)10-13-8-14(17)5-4-12(13)3/h4-5,8,11H,6-7,9-10H2,1-3H3,(H,18,19). The SMILES string of the molecule is Cc1ccc(F)cc1CC1(CC(C)C)CCC(=O)N1. The van der Waals surface area contributed by atoms with Crippen LogP contribution in [0.5, 0.6) is 0 Å². The molecule has 0 bridgehead atoms. The summed E-state index contributed by atoms with van der Waals surface area (Å²) >= 11 is 0. The Hall–Kier alpha value is -1.38. The van der Waals surface area contributed by atoms with E-state index in [1.165, 1.54) is 6.07 Å². The number of carbonyl (C=O) groups excluding carboxylic acids is 1. The summed E-state index contributed by atoms with van der Waals surface area (Å²) in [4.78, 5) is 11.6. The third-order valence-corrected chi connectivity index (χ3v) is 3.87. The van der Waals surface area contributed by atoms with Crippen LogP contribution in [0.3, 0.4) is 0 Å². The predicted molar refractivity (Wildman–Crippen MR) is 74.4 cm³/mol. The monoisotopic (exact) mass is 263 g/mol. The lowest BCUT2D eigenvalue weighted by Gasteiger charge is -2.32. The molecule has 0 spiro atoms. The summed E-state index contributed by atoms with van der Waals surface area (Å²) in [6.45, 7) is 6.31. The minimum Gasteiger partial charge on any atom is -0.350 e. The zero-order valence-corrected chi connectivity index (χ0v) is 11.9. The summed E-state index contributed by atoms with van der Waals surface area (Å²) in [5, 5.41) is 3.13. The van der Waals surface area contributed by atoms with Gasteiger partial charge in [-0.05, 0) is 55.4 Å². The minimum atomic E-state index is -0.204. The average Bonchev–Trinajstić information content (AvgIpc) is 2.64. The molecule has 1 heterocycles. The molecule has 2 nitrogen and oxygen atoms in total. The number of aryl methyl sites for hydroxylation is 1. The van der Waals surface area contributed by atoms with Crippen LogP contribution in [0.2, 0.25) is 0 Å². The molecule has 1 aromatic carbocycles. The normalized spacial score (nSPS) is 22.9. The van der Waals surface area contributed by atoms with Crippen molar-refractivity contribution in [1.82, 2.24) is 5.32 Å². The van der Waals surface area contributed by atoms with Gasteiger partial charge in [-0.1, -0.05) is 19.9 Å². The van der Waals surface area contributed by atoms with E-state index in [0.29, 0.717) is 12.3 Å². The molecule has 19 heavy (non-hydrogen) atoms. The first kappa shape index (κ1) is 14.0. The summed E-state index contributed by atoms with van der Waals surface area (Å²) in [5.74, 6) is 0.423. The molecule has 1 aliphatic rings. The van der Waals surface area contributed by atoms with Crippen molar-refractivity contribution in [2.24, 2.45) is 5.92 Å². The van der Waals surface area contributed by atoms with Gasteiger partial charge in [-0.3, -0.25) is 4.79 Å². The second kappa shape index (κ2) is 5.32. The lowest BCUT2D eigenvalue weighted by Crippen LogP contribution is -2.44. The maximum absolute atomic E-state index is 13.4. The zero-order chi connectivity index (χ0) is 14.0. The average molecular weight is 263 g/mol. The first-order valence-corrected chi connectivity index (χ1v) is 6.96. The van der Waals surface area contributed by atoms with Gasteiger partial charge in [-0.15, -0.1) is 0 Å². The van der Waals surface area contributed by atoms with Gasteiger partial charge < -0.3 is 5.32 Å². The highest BCUT2D eigenvalue weighted by Gasteiger charge is 2.38. The molecule has 1 atom stereocenters. The van der Waals surface area contributed by atoms with Crippen molar-refractivity contribution in [2.45, 2.75) is 52.0 Å². The fraction of sp³-hybridized carbons (Fsp3) is 0.562. The highest BCUT2D eigenvalue weighted by atomic mass is 19.1. The van der Waals surface area contributed by atoms with Crippen molar-refractivity contribution >= 4 is 5.91 Å². The van der Waals surface area contributed by atoms with Gasteiger partial charge >= 0.3 is 0 Å². The largest absolute Gasteiger partial charge is 0.350 e. The summed E-state index contributed by atoms with van der Waals surface area (Å²) in [6.07, 6.45) is 3.09. The molecule has 0 saturated carbocycles. The van der Waals surface area contributed by atoms with Gasteiger partial charge in [-0.25, -0.2) is 4.39 Å². The fourth-order valence-electron chi connectivity index (χ4n) is 3.11. The number of hydrogen-bond acceptors (Lipinski definition) is 1. The van der Waals surface area contributed by atoms with E-state index in [4.69, 9.17) is 0 Å². The zero-order valence-electron chi connectivity index (χ0n) is 11.9. The number of hydrogen-bond donors (Lipinski definition) is 1. The van der Waals surface area contributed by atoms with Crippen LogP contribution in [0.15, 0.2) is 18.2 Å². The molecule has 1 unspecified atom stereocenters. The fourth-order valence-corrected chi connectivity index (χ4v) is 3.11. The molecule has 1 saturated heterocycles. The van der Waals surface area contributed by atoms with Gasteiger partial charge in [0, 0.05) is 12.0 Å². The first-order valence-electron chi connectivity index (χ1n) is 6.96. The number of rotatable bonds is 4. The van der Waals surface area contributed by atoms with Gasteiger partial charge in [0.05, 0.1) is 0 Å². The number of halogens is 1. The van der Waals surface area contributed by atoms with Gasteiger partial charge in [-0.2, -0.15) is 0 Å². The highest BCUT2D eigenvalue weighted by molar-refractivity contribution is 5.79. The first-order chi connectivity index (χ1) is 8.90. The number of carbonyl (C=O) groups is 1. The second-order valence-corrected chi connectivity index (χ2v) is 6.17. The molecule has 1 aromatic rings. The van der Waals surface area contributed by atoms with Crippen molar-refractivity contribution in [1.29, 1.82) is 0 Å². The summed E-state index contributed by atoms with van der Waals surface area (Å²) < 4.78 is 13.4. The summed E-state index contributed by atoms with van der Waals surface area (Å²) in [5.41, 5.74) is 1.90. The Kier molecular flexibility index (Phi) is 3.93. The Morgan fingerprint density at radius 2 is 2.16 bits per heavy atom. The quantitative estimate of drug-likeness (QED) is 0.886. The van der Waals surface area contributed by atoms with Crippen LogP contribution in [0.1, 0.15) is 44.2 Å². The van der Waals surface area contributed by atoms with E-state index < -0.39 is 0 Å². The molecule has 104 valence electrons. The minimum absolute atomic E-state index is 0.120. The lowest BCUT2D eigenvalue weighted by molar-refractivity contribution is -0.119. The number of amides is 1. The van der Waals surface area contributed by atoms with Crippen LogP contribution in [-0.4, -0.2) is 11.4 Å². The lowest BCUT2D eigenvalue weighted by atomic mass is 9.81.